The maximum absolute atomic E-state index is 13.8. The van der Waals surface area contributed by atoms with Crippen LogP contribution in [0.1, 0.15) is 41.0 Å². The van der Waals surface area contributed by atoms with E-state index in [1.165, 1.54) is 24.5 Å². The average molecular weight is 569 g/mol. The van der Waals surface area contributed by atoms with Gasteiger partial charge in [0.2, 0.25) is 5.78 Å². The first-order chi connectivity index (χ1) is 17.7. The highest BCUT2D eigenvalue weighted by molar-refractivity contribution is 7.92. The Morgan fingerprint density at radius 2 is 1.95 bits per heavy atom. The van der Waals surface area contributed by atoms with Crippen molar-refractivity contribution in [1.82, 2.24) is 9.97 Å². The van der Waals surface area contributed by atoms with Crippen molar-refractivity contribution in [2.45, 2.75) is 37.9 Å². The lowest BCUT2D eigenvalue weighted by Crippen LogP contribution is -2.29. The smallest absolute Gasteiger partial charge is 0.417 e. The Bertz CT molecular complexity index is 1670. The molecule has 4 rings (SSSR count). The number of hydrogen-bond acceptors (Lipinski definition) is 6. The Hall–Kier alpha value is -3.84. The third kappa shape index (κ3) is 5.24. The minimum atomic E-state index is -4.89. The lowest BCUT2D eigenvalue weighted by atomic mass is 10.0. The highest BCUT2D eigenvalue weighted by Crippen LogP contribution is 2.37. The molecule has 0 aliphatic rings. The van der Waals surface area contributed by atoms with E-state index in [1.807, 2.05) is 0 Å². The van der Waals surface area contributed by atoms with E-state index >= 15 is 0 Å². The Morgan fingerprint density at radius 3 is 2.61 bits per heavy atom. The van der Waals surface area contributed by atoms with Gasteiger partial charge in [-0.3, -0.25) is 14.5 Å². The van der Waals surface area contributed by atoms with Crippen molar-refractivity contribution in [3.05, 3.63) is 81.5 Å². The predicted octanol–water partition coefficient (Wildman–Crippen LogP) is 5.00. The topological polar surface area (TPSA) is 128 Å². The molecule has 0 spiro atoms. The van der Waals surface area contributed by atoms with Crippen LogP contribution in [0.4, 0.5) is 18.9 Å². The first-order valence-electron chi connectivity index (χ1n) is 11.0. The van der Waals surface area contributed by atoms with E-state index in [-0.39, 0.29) is 33.7 Å². The number of pyridine rings is 2. The Morgan fingerprint density at radius 1 is 1.24 bits per heavy atom. The van der Waals surface area contributed by atoms with Gasteiger partial charge in [0.25, 0.3) is 15.7 Å². The molecule has 0 unspecified atom stereocenters. The number of alkyl halides is 3. The molecule has 0 bridgehead atoms. The van der Waals surface area contributed by atoms with Crippen LogP contribution in [0, 0.1) is 12.1 Å². The van der Waals surface area contributed by atoms with Crippen molar-refractivity contribution < 1.29 is 35.9 Å². The normalized spacial score (nSPS) is 12.2. The van der Waals surface area contributed by atoms with Crippen LogP contribution in [0.2, 0.25) is 5.02 Å². The number of fused-ring (bicyclic) bond motifs is 1. The zero-order chi connectivity index (χ0) is 28.0. The van der Waals surface area contributed by atoms with Gasteiger partial charge in [-0.1, -0.05) is 11.6 Å². The van der Waals surface area contributed by atoms with Crippen LogP contribution in [0.3, 0.4) is 0 Å². The fourth-order valence-corrected chi connectivity index (χ4v) is 5.04. The van der Waals surface area contributed by atoms with Crippen molar-refractivity contribution in [3.63, 3.8) is 0 Å². The maximum Gasteiger partial charge on any atom is 0.417 e. The van der Waals surface area contributed by atoms with Gasteiger partial charge in [0.05, 0.1) is 44.4 Å². The number of aromatic nitrogens is 3. The number of carbonyl (C=O) groups is 1. The molecule has 9 nitrogen and oxygen atoms in total. The molecule has 1 aromatic carbocycles. The number of rotatable bonds is 7. The summed E-state index contributed by atoms with van der Waals surface area (Å²) in [6.07, 6.45) is -1.48. The predicted molar refractivity (Wildman–Crippen MR) is 133 cm³/mol. The molecular formula is C24H20ClF3N4O5S. The Kier molecular flexibility index (Phi) is 7.01. The zero-order valence-corrected chi connectivity index (χ0v) is 21.6. The molecule has 0 amide bonds. The SMILES string of the molecule is Cc1cnc(C(=O)c2c(OC(C)C)c[n+]([O-])c3[nH]ccc23)c(NS(=O)(=O)c2ccc(Cl)c(C(F)(F)F)c2)c1. The molecule has 0 saturated heterocycles. The molecule has 200 valence electrons. The highest BCUT2D eigenvalue weighted by Gasteiger charge is 2.35. The molecule has 0 radical (unpaired) electrons. The Labute approximate surface area is 219 Å². The lowest BCUT2D eigenvalue weighted by Gasteiger charge is -2.17. The molecule has 0 fully saturated rings. The molecular weight excluding hydrogens is 549 g/mol. The van der Waals surface area contributed by atoms with Crippen molar-refractivity contribution in [2.75, 3.05) is 4.72 Å². The van der Waals surface area contributed by atoms with E-state index in [2.05, 4.69) is 14.7 Å². The van der Waals surface area contributed by atoms with Gasteiger partial charge in [0.15, 0.2) is 5.75 Å². The first kappa shape index (κ1) is 27.2. The summed E-state index contributed by atoms with van der Waals surface area (Å²) in [6, 6.07) is 4.92. The molecule has 0 aliphatic carbocycles. The van der Waals surface area contributed by atoms with Gasteiger partial charge >= 0.3 is 6.18 Å². The summed E-state index contributed by atoms with van der Waals surface area (Å²) >= 11 is 5.62. The number of carbonyl (C=O) groups excluding carboxylic acids is 1. The summed E-state index contributed by atoms with van der Waals surface area (Å²) in [4.78, 5) is 19.9. The number of ketones is 1. The third-order valence-electron chi connectivity index (χ3n) is 5.32. The second kappa shape index (κ2) is 9.80. The summed E-state index contributed by atoms with van der Waals surface area (Å²) in [6.45, 7) is 4.97. The van der Waals surface area contributed by atoms with Gasteiger partial charge in [0, 0.05) is 6.20 Å². The third-order valence-corrected chi connectivity index (χ3v) is 7.02. The monoisotopic (exact) mass is 568 g/mol. The minimum Gasteiger partial charge on any atom is -0.710 e. The standard InChI is InChI=1S/C24H20ClF3N4O5S/c1-12(2)37-19-11-32(34)23-15(6-7-29-23)20(19)22(33)21-18(8-13(3)10-30-21)31-38(35,36)14-4-5-17(25)16(9-14)24(26,27)28/h4-12,29,31H,1-3H3. The molecule has 14 heteroatoms. The van der Waals surface area contributed by atoms with Crippen molar-refractivity contribution in [2.24, 2.45) is 0 Å². The van der Waals surface area contributed by atoms with E-state index < -0.39 is 43.6 Å². The highest BCUT2D eigenvalue weighted by atomic mass is 35.5. The van der Waals surface area contributed by atoms with E-state index in [0.717, 1.165) is 18.3 Å². The summed E-state index contributed by atoms with van der Waals surface area (Å²) in [5, 5.41) is 12.0. The van der Waals surface area contributed by atoms with E-state index in [0.29, 0.717) is 16.4 Å². The average Bonchev–Trinajstić information content (AvgIpc) is 3.28. The summed E-state index contributed by atoms with van der Waals surface area (Å²) in [5.74, 6) is -0.841. The fraction of sp³-hybridized carbons (Fsp3) is 0.208. The number of sulfonamides is 1. The molecule has 3 heterocycles. The van der Waals surface area contributed by atoms with Crippen LogP contribution in [0.5, 0.6) is 5.75 Å². The lowest BCUT2D eigenvalue weighted by molar-refractivity contribution is -0.579. The van der Waals surface area contributed by atoms with Crippen LogP contribution in [0.15, 0.2) is 53.8 Å². The second-order valence-corrected chi connectivity index (χ2v) is 10.7. The van der Waals surface area contributed by atoms with Gasteiger partial charge in [0.1, 0.15) is 11.9 Å². The van der Waals surface area contributed by atoms with Crippen LogP contribution in [-0.4, -0.2) is 30.3 Å². The quantitative estimate of drug-likeness (QED) is 0.183. The largest absolute Gasteiger partial charge is 0.710 e. The van der Waals surface area contributed by atoms with Crippen LogP contribution in [0.25, 0.3) is 11.0 Å². The van der Waals surface area contributed by atoms with Gasteiger partial charge < -0.3 is 9.94 Å². The van der Waals surface area contributed by atoms with Gasteiger partial charge in [-0.05, 0) is 56.7 Å². The zero-order valence-electron chi connectivity index (χ0n) is 20.1. The number of anilines is 1. The summed E-state index contributed by atoms with van der Waals surface area (Å²) in [5.41, 5.74) is -1.51. The number of nitrogens with zero attached hydrogens (tertiary/aromatic N) is 2. The van der Waals surface area contributed by atoms with Crippen LogP contribution < -0.4 is 14.2 Å². The molecule has 0 saturated carbocycles. The van der Waals surface area contributed by atoms with E-state index in [1.54, 1.807) is 20.8 Å². The number of aryl methyl sites for hydroxylation is 1. The van der Waals surface area contributed by atoms with E-state index in [9.17, 15) is 31.6 Å². The van der Waals surface area contributed by atoms with Crippen molar-refractivity contribution in [3.8, 4) is 5.75 Å². The summed E-state index contributed by atoms with van der Waals surface area (Å²) in [7, 11) is -4.63. The fourth-order valence-electron chi connectivity index (χ4n) is 3.73. The summed E-state index contributed by atoms with van der Waals surface area (Å²) < 4.78 is 74.5. The first-order valence-corrected chi connectivity index (χ1v) is 12.9. The number of benzene rings is 1. The van der Waals surface area contributed by atoms with Crippen molar-refractivity contribution >= 4 is 44.1 Å². The number of H-pyrrole nitrogens is 1. The molecule has 38 heavy (non-hydrogen) atoms. The molecule has 2 N–H and O–H groups in total. The van der Waals surface area contributed by atoms with Crippen LogP contribution in [-0.2, 0) is 16.2 Å². The van der Waals surface area contributed by atoms with Crippen LogP contribution >= 0.6 is 11.6 Å². The minimum absolute atomic E-state index is 0.0512. The number of ether oxygens (including phenoxy) is 1. The molecule has 0 aliphatic heterocycles. The molecule has 0 atom stereocenters. The molecule has 4 aromatic rings. The number of hydrogen-bond donors (Lipinski definition) is 2. The number of nitrogens with one attached hydrogen (secondary N) is 2. The van der Waals surface area contributed by atoms with Gasteiger partial charge in [-0.15, -0.1) is 0 Å². The van der Waals surface area contributed by atoms with Crippen molar-refractivity contribution in [1.29, 1.82) is 0 Å². The van der Waals surface area contributed by atoms with E-state index in [4.69, 9.17) is 16.3 Å². The molecule has 3 aromatic heterocycles. The second-order valence-electron chi connectivity index (χ2n) is 8.58. The van der Waals surface area contributed by atoms with Gasteiger partial charge in [-0.25, -0.2) is 18.1 Å². The maximum atomic E-state index is 13.8. The number of halogens is 4. The number of aromatic amines is 1. The Balaban J connectivity index is 1.84. The van der Waals surface area contributed by atoms with Gasteiger partial charge in [-0.2, -0.15) is 13.2 Å².